The SMILES string of the molecule is [CH2]CCN1CCC(CCCC)CC1. The molecule has 0 saturated carbocycles. The molecular weight excluding hydrogens is 158 g/mol. The van der Waals surface area contributed by atoms with Crippen molar-refractivity contribution in [1.29, 1.82) is 0 Å². The third kappa shape index (κ3) is 4.12. The van der Waals surface area contributed by atoms with E-state index in [-0.39, 0.29) is 0 Å². The maximum atomic E-state index is 3.91. The van der Waals surface area contributed by atoms with Crippen molar-refractivity contribution in [2.75, 3.05) is 19.6 Å². The second-order valence-corrected chi connectivity index (χ2v) is 4.28. The molecule has 0 amide bonds. The Labute approximate surface area is 83.5 Å². The molecule has 0 N–H and O–H groups in total. The average Bonchev–Trinajstić information content (AvgIpc) is 2.17. The van der Waals surface area contributed by atoms with Gasteiger partial charge in [0.25, 0.3) is 0 Å². The predicted octanol–water partition coefficient (Wildman–Crippen LogP) is 3.11. The van der Waals surface area contributed by atoms with Crippen molar-refractivity contribution in [3.8, 4) is 0 Å². The average molecular weight is 182 g/mol. The van der Waals surface area contributed by atoms with Crippen LogP contribution in [0.5, 0.6) is 0 Å². The van der Waals surface area contributed by atoms with Gasteiger partial charge in [0.2, 0.25) is 0 Å². The molecule has 0 atom stereocenters. The minimum absolute atomic E-state index is 1.03. The first-order valence-electron chi connectivity index (χ1n) is 5.88. The summed E-state index contributed by atoms with van der Waals surface area (Å²) < 4.78 is 0. The van der Waals surface area contributed by atoms with E-state index >= 15 is 0 Å². The molecule has 13 heavy (non-hydrogen) atoms. The van der Waals surface area contributed by atoms with E-state index in [1.807, 2.05) is 0 Å². The highest BCUT2D eigenvalue weighted by molar-refractivity contribution is 4.72. The second-order valence-electron chi connectivity index (χ2n) is 4.28. The Kier molecular flexibility index (Phi) is 5.45. The molecule has 0 aromatic rings. The van der Waals surface area contributed by atoms with E-state index in [9.17, 15) is 0 Å². The summed E-state index contributed by atoms with van der Waals surface area (Å²) in [5.74, 6) is 1.03. The van der Waals surface area contributed by atoms with E-state index in [0.717, 1.165) is 12.3 Å². The Morgan fingerprint density at radius 2 is 2.00 bits per heavy atom. The maximum absolute atomic E-state index is 3.91. The van der Waals surface area contributed by atoms with Gasteiger partial charge in [0, 0.05) is 0 Å². The van der Waals surface area contributed by atoms with Gasteiger partial charge in [-0.3, -0.25) is 0 Å². The van der Waals surface area contributed by atoms with Crippen LogP contribution in [0.1, 0.15) is 45.4 Å². The fourth-order valence-electron chi connectivity index (χ4n) is 2.22. The molecule has 1 nitrogen and oxygen atoms in total. The van der Waals surface area contributed by atoms with Crippen LogP contribution in [-0.4, -0.2) is 24.5 Å². The molecular formula is C12H24N. The Bertz CT molecular complexity index is 114. The fraction of sp³-hybridized carbons (Fsp3) is 0.917. The van der Waals surface area contributed by atoms with Crippen molar-refractivity contribution >= 4 is 0 Å². The van der Waals surface area contributed by atoms with Gasteiger partial charge in [0.1, 0.15) is 0 Å². The molecule has 1 saturated heterocycles. The highest BCUT2D eigenvalue weighted by atomic mass is 15.1. The summed E-state index contributed by atoms with van der Waals surface area (Å²) in [6, 6.07) is 0. The van der Waals surface area contributed by atoms with Crippen molar-refractivity contribution < 1.29 is 0 Å². The lowest BCUT2D eigenvalue weighted by Gasteiger charge is -2.31. The summed E-state index contributed by atoms with van der Waals surface area (Å²) in [4.78, 5) is 2.56. The van der Waals surface area contributed by atoms with Gasteiger partial charge in [-0.1, -0.05) is 33.1 Å². The van der Waals surface area contributed by atoms with Gasteiger partial charge >= 0.3 is 0 Å². The van der Waals surface area contributed by atoms with E-state index in [1.165, 1.54) is 51.7 Å². The maximum Gasteiger partial charge on any atom is -0.00161 e. The molecule has 1 heteroatoms. The van der Waals surface area contributed by atoms with Crippen molar-refractivity contribution in [2.24, 2.45) is 5.92 Å². The normalized spacial score (nSPS) is 20.8. The van der Waals surface area contributed by atoms with E-state index in [1.54, 1.807) is 0 Å². The van der Waals surface area contributed by atoms with Gasteiger partial charge in [-0.2, -0.15) is 0 Å². The van der Waals surface area contributed by atoms with Crippen LogP contribution in [0.3, 0.4) is 0 Å². The summed E-state index contributed by atoms with van der Waals surface area (Å²) in [6.45, 7) is 10.1. The van der Waals surface area contributed by atoms with Crippen LogP contribution in [0.25, 0.3) is 0 Å². The summed E-state index contributed by atoms with van der Waals surface area (Å²) in [5.41, 5.74) is 0. The number of unbranched alkanes of at least 4 members (excludes halogenated alkanes) is 1. The minimum Gasteiger partial charge on any atom is -0.303 e. The Morgan fingerprint density at radius 3 is 2.54 bits per heavy atom. The van der Waals surface area contributed by atoms with Gasteiger partial charge in [-0.15, -0.1) is 0 Å². The molecule has 1 heterocycles. The first-order chi connectivity index (χ1) is 6.36. The molecule has 0 aliphatic carbocycles. The van der Waals surface area contributed by atoms with Gasteiger partial charge in [-0.05, 0) is 44.8 Å². The predicted molar refractivity (Wildman–Crippen MR) is 58.7 cm³/mol. The van der Waals surface area contributed by atoms with Crippen LogP contribution in [-0.2, 0) is 0 Å². The third-order valence-corrected chi connectivity index (χ3v) is 3.15. The Morgan fingerprint density at radius 1 is 1.31 bits per heavy atom. The Hall–Kier alpha value is -0.0400. The first-order valence-corrected chi connectivity index (χ1v) is 5.88. The van der Waals surface area contributed by atoms with Crippen molar-refractivity contribution in [3.63, 3.8) is 0 Å². The monoisotopic (exact) mass is 182 g/mol. The lowest BCUT2D eigenvalue weighted by Crippen LogP contribution is -2.34. The standard InChI is InChI=1S/C12H24N/c1-3-5-6-12-7-10-13(9-4-2)11-8-12/h12H,2-11H2,1H3. The lowest BCUT2D eigenvalue weighted by atomic mass is 9.92. The van der Waals surface area contributed by atoms with Gasteiger partial charge in [0.15, 0.2) is 0 Å². The van der Waals surface area contributed by atoms with Crippen LogP contribution in [0.15, 0.2) is 0 Å². The number of nitrogens with zero attached hydrogens (tertiary/aromatic N) is 1. The van der Waals surface area contributed by atoms with Crippen LogP contribution >= 0.6 is 0 Å². The summed E-state index contributed by atoms with van der Waals surface area (Å²) in [7, 11) is 0. The van der Waals surface area contributed by atoms with E-state index in [4.69, 9.17) is 0 Å². The molecule has 1 rings (SSSR count). The molecule has 0 unspecified atom stereocenters. The van der Waals surface area contributed by atoms with Gasteiger partial charge < -0.3 is 4.90 Å². The zero-order chi connectivity index (χ0) is 9.52. The number of rotatable bonds is 5. The van der Waals surface area contributed by atoms with Crippen molar-refractivity contribution in [2.45, 2.75) is 45.4 Å². The smallest absolute Gasteiger partial charge is 0.00161 e. The zero-order valence-corrected chi connectivity index (χ0v) is 9.10. The number of hydrogen-bond acceptors (Lipinski definition) is 1. The molecule has 1 aliphatic rings. The zero-order valence-electron chi connectivity index (χ0n) is 9.10. The highest BCUT2D eigenvalue weighted by Gasteiger charge is 2.17. The highest BCUT2D eigenvalue weighted by Crippen LogP contribution is 2.22. The Balaban J connectivity index is 2.08. The second kappa shape index (κ2) is 6.42. The molecule has 77 valence electrons. The molecule has 0 aromatic carbocycles. The van der Waals surface area contributed by atoms with E-state index < -0.39 is 0 Å². The minimum atomic E-state index is 1.03. The largest absolute Gasteiger partial charge is 0.303 e. The fourth-order valence-corrected chi connectivity index (χ4v) is 2.22. The van der Waals surface area contributed by atoms with Crippen LogP contribution in [0.2, 0.25) is 0 Å². The summed E-state index contributed by atoms with van der Waals surface area (Å²) in [5, 5.41) is 0. The van der Waals surface area contributed by atoms with Gasteiger partial charge in [-0.25, -0.2) is 0 Å². The van der Waals surface area contributed by atoms with Crippen LogP contribution in [0, 0.1) is 12.8 Å². The molecule has 0 aromatic heterocycles. The van der Waals surface area contributed by atoms with E-state index in [2.05, 4.69) is 18.7 Å². The van der Waals surface area contributed by atoms with Crippen LogP contribution < -0.4 is 0 Å². The quantitative estimate of drug-likeness (QED) is 0.631. The topological polar surface area (TPSA) is 3.24 Å². The molecule has 1 aliphatic heterocycles. The number of hydrogen-bond donors (Lipinski definition) is 0. The molecule has 1 fully saturated rings. The third-order valence-electron chi connectivity index (χ3n) is 3.15. The first kappa shape index (κ1) is 11.0. The van der Waals surface area contributed by atoms with Crippen molar-refractivity contribution in [1.82, 2.24) is 4.90 Å². The summed E-state index contributed by atoms with van der Waals surface area (Å²) >= 11 is 0. The van der Waals surface area contributed by atoms with Crippen LogP contribution in [0.4, 0.5) is 0 Å². The summed E-state index contributed by atoms with van der Waals surface area (Å²) in [6.07, 6.45) is 8.19. The number of likely N-dealkylation sites (tertiary alicyclic amines) is 1. The van der Waals surface area contributed by atoms with E-state index in [0.29, 0.717) is 0 Å². The molecule has 1 radical (unpaired) electrons. The van der Waals surface area contributed by atoms with Gasteiger partial charge in [0.05, 0.1) is 0 Å². The molecule has 0 spiro atoms. The molecule has 0 bridgehead atoms. The van der Waals surface area contributed by atoms with Crippen molar-refractivity contribution in [3.05, 3.63) is 6.92 Å². The number of piperidine rings is 1. The lowest BCUT2D eigenvalue weighted by molar-refractivity contribution is 0.180.